The van der Waals surface area contributed by atoms with Gasteiger partial charge in [-0.3, -0.25) is 0 Å². The van der Waals surface area contributed by atoms with Crippen LogP contribution in [0, 0.1) is 23.2 Å². The third kappa shape index (κ3) is 1.94. The van der Waals surface area contributed by atoms with Crippen molar-refractivity contribution in [1.29, 1.82) is 0 Å². The van der Waals surface area contributed by atoms with Gasteiger partial charge >= 0.3 is 0 Å². The fourth-order valence-electron chi connectivity index (χ4n) is 4.71. The van der Waals surface area contributed by atoms with Crippen LogP contribution in [0.1, 0.15) is 39.3 Å². The quantitative estimate of drug-likeness (QED) is 0.926. The molecule has 1 aromatic heterocycles. The van der Waals surface area contributed by atoms with Crippen molar-refractivity contribution < 1.29 is 4.52 Å². The number of hydrogen-bond acceptors (Lipinski definition) is 3. The number of benzene rings is 1. The SMILES string of the molecule is C[C@H]1C(NCc2noc3ccccc23)C[C@@H]2C[C@H]1C2(C)C. The second-order valence-electron chi connectivity index (χ2n) is 7.57. The zero-order valence-corrected chi connectivity index (χ0v) is 13.1. The van der Waals surface area contributed by atoms with Crippen molar-refractivity contribution in [1.82, 2.24) is 10.5 Å². The van der Waals surface area contributed by atoms with Crippen LogP contribution in [0.3, 0.4) is 0 Å². The van der Waals surface area contributed by atoms with E-state index < -0.39 is 0 Å². The summed E-state index contributed by atoms with van der Waals surface area (Å²) in [5.41, 5.74) is 2.48. The molecule has 3 nitrogen and oxygen atoms in total. The Kier molecular flexibility index (Phi) is 2.90. The van der Waals surface area contributed by atoms with E-state index in [1.54, 1.807) is 0 Å². The highest BCUT2D eigenvalue weighted by molar-refractivity contribution is 5.79. The lowest BCUT2D eigenvalue weighted by Crippen LogP contribution is -2.59. The Hall–Kier alpha value is -1.35. The molecule has 4 atom stereocenters. The minimum absolute atomic E-state index is 0.554. The normalized spacial score (nSPS) is 33.9. The first-order valence-electron chi connectivity index (χ1n) is 8.14. The van der Waals surface area contributed by atoms with Gasteiger partial charge in [-0.05, 0) is 48.1 Å². The van der Waals surface area contributed by atoms with Gasteiger partial charge in [-0.1, -0.05) is 38.1 Å². The molecule has 112 valence electrons. The van der Waals surface area contributed by atoms with Crippen molar-refractivity contribution in [2.75, 3.05) is 0 Å². The van der Waals surface area contributed by atoms with Crippen molar-refractivity contribution in [3.8, 4) is 0 Å². The molecule has 3 aliphatic carbocycles. The summed E-state index contributed by atoms with van der Waals surface area (Å²) in [6.07, 6.45) is 2.74. The number of rotatable bonds is 3. The standard InChI is InChI=1S/C18H24N2O/c1-11-14-8-12(18(14,2)3)9-15(11)19-10-16-13-6-4-5-7-17(13)21-20-16/h4-7,11-12,14-15,19H,8-10H2,1-3H3/t11-,12+,14-,15?/m1/s1. The van der Waals surface area contributed by atoms with E-state index in [4.69, 9.17) is 4.52 Å². The molecule has 0 radical (unpaired) electrons. The minimum atomic E-state index is 0.554. The Labute approximate surface area is 126 Å². The van der Waals surface area contributed by atoms with Crippen molar-refractivity contribution in [3.05, 3.63) is 30.0 Å². The molecule has 0 saturated heterocycles. The summed E-state index contributed by atoms with van der Waals surface area (Å²) in [5.74, 6) is 2.52. The van der Waals surface area contributed by atoms with E-state index >= 15 is 0 Å². The van der Waals surface area contributed by atoms with Crippen LogP contribution < -0.4 is 5.32 Å². The largest absolute Gasteiger partial charge is 0.356 e. The predicted octanol–water partition coefficient (Wildman–Crippen LogP) is 3.99. The monoisotopic (exact) mass is 284 g/mol. The zero-order chi connectivity index (χ0) is 14.6. The van der Waals surface area contributed by atoms with Gasteiger partial charge in [0.2, 0.25) is 0 Å². The average Bonchev–Trinajstić information content (AvgIpc) is 2.89. The van der Waals surface area contributed by atoms with Gasteiger partial charge < -0.3 is 9.84 Å². The topological polar surface area (TPSA) is 38.1 Å². The van der Waals surface area contributed by atoms with Gasteiger partial charge in [-0.15, -0.1) is 0 Å². The Morgan fingerprint density at radius 3 is 2.86 bits per heavy atom. The Bertz CT molecular complexity index is 660. The maximum atomic E-state index is 5.39. The van der Waals surface area contributed by atoms with Gasteiger partial charge in [0.15, 0.2) is 5.58 Å². The predicted molar refractivity (Wildman–Crippen MR) is 83.8 cm³/mol. The highest BCUT2D eigenvalue weighted by atomic mass is 16.5. The molecule has 0 aliphatic heterocycles. The molecule has 2 bridgehead atoms. The molecule has 3 heteroatoms. The first-order valence-corrected chi connectivity index (χ1v) is 8.14. The van der Waals surface area contributed by atoms with Crippen molar-refractivity contribution >= 4 is 11.0 Å². The molecule has 3 fully saturated rings. The minimum Gasteiger partial charge on any atom is -0.356 e. The Balaban J connectivity index is 1.46. The van der Waals surface area contributed by atoms with E-state index in [-0.39, 0.29) is 0 Å². The lowest BCUT2D eigenvalue weighted by Gasteiger charge is -2.62. The molecule has 1 unspecified atom stereocenters. The molecule has 3 saturated carbocycles. The average molecular weight is 284 g/mol. The molecule has 2 aromatic rings. The molecule has 3 aliphatic rings. The van der Waals surface area contributed by atoms with Crippen molar-refractivity contribution in [2.45, 2.75) is 46.2 Å². The van der Waals surface area contributed by atoms with Gasteiger partial charge in [-0.25, -0.2) is 0 Å². The number of fused-ring (bicyclic) bond motifs is 3. The third-order valence-corrected chi connectivity index (χ3v) is 6.34. The lowest BCUT2D eigenvalue weighted by molar-refractivity contribution is -0.115. The summed E-state index contributed by atoms with van der Waals surface area (Å²) in [6.45, 7) is 8.12. The number of para-hydroxylation sites is 1. The van der Waals surface area contributed by atoms with E-state index in [0.717, 1.165) is 41.0 Å². The highest BCUT2D eigenvalue weighted by Gasteiger charge is 2.55. The summed E-state index contributed by atoms with van der Waals surface area (Å²) in [4.78, 5) is 0. The summed E-state index contributed by atoms with van der Waals surface area (Å²) in [6, 6.07) is 8.73. The second-order valence-corrected chi connectivity index (χ2v) is 7.57. The lowest BCUT2D eigenvalue weighted by atomic mass is 9.45. The molecule has 1 aromatic carbocycles. The van der Waals surface area contributed by atoms with Crippen LogP contribution in [0.15, 0.2) is 28.8 Å². The Morgan fingerprint density at radius 1 is 1.29 bits per heavy atom. The van der Waals surface area contributed by atoms with Crippen LogP contribution in [-0.2, 0) is 6.54 Å². The summed E-state index contributed by atoms with van der Waals surface area (Å²) < 4.78 is 5.39. The second kappa shape index (κ2) is 4.57. The molecule has 5 rings (SSSR count). The van der Waals surface area contributed by atoms with Gasteiger partial charge in [0, 0.05) is 18.0 Å². The molecule has 0 spiro atoms. The van der Waals surface area contributed by atoms with Crippen LogP contribution >= 0.6 is 0 Å². The third-order valence-electron chi connectivity index (χ3n) is 6.34. The molecular weight excluding hydrogens is 260 g/mol. The zero-order valence-electron chi connectivity index (χ0n) is 13.1. The maximum Gasteiger partial charge on any atom is 0.167 e. The van der Waals surface area contributed by atoms with E-state index in [2.05, 4.69) is 37.3 Å². The van der Waals surface area contributed by atoms with Crippen LogP contribution in [0.4, 0.5) is 0 Å². The fourth-order valence-corrected chi connectivity index (χ4v) is 4.71. The summed E-state index contributed by atoms with van der Waals surface area (Å²) >= 11 is 0. The van der Waals surface area contributed by atoms with Crippen molar-refractivity contribution in [2.24, 2.45) is 23.2 Å². The van der Waals surface area contributed by atoms with Gasteiger partial charge in [-0.2, -0.15) is 0 Å². The molecule has 1 heterocycles. The van der Waals surface area contributed by atoms with Crippen LogP contribution in [0.2, 0.25) is 0 Å². The van der Waals surface area contributed by atoms with Crippen LogP contribution in [0.25, 0.3) is 11.0 Å². The number of hydrogen-bond donors (Lipinski definition) is 1. The van der Waals surface area contributed by atoms with Crippen molar-refractivity contribution in [3.63, 3.8) is 0 Å². The number of nitrogens with one attached hydrogen (secondary N) is 1. The van der Waals surface area contributed by atoms with E-state index in [1.807, 2.05) is 18.2 Å². The van der Waals surface area contributed by atoms with E-state index in [1.165, 1.54) is 12.8 Å². The van der Waals surface area contributed by atoms with Gasteiger partial charge in [0.1, 0.15) is 5.69 Å². The smallest absolute Gasteiger partial charge is 0.167 e. The number of nitrogens with zero attached hydrogens (tertiary/aromatic N) is 1. The molecular formula is C18H24N2O. The maximum absolute atomic E-state index is 5.39. The molecule has 1 N–H and O–H groups in total. The summed E-state index contributed by atoms with van der Waals surface area (Å²) in [7, 11) is 0. The fraction of sp³-hybridized carbons (Fsp3) is 0.611. The van der Waals surface area contributed by atoms with E-state index in [0.29, 0.717) is 11.5 Å². The molecule has 0 amide bonds. The van der Waals surface area contributed by atoms with Gasteiger partial charge in [0.25, 0.3) is 0 Å². The first kappa shape index (κ1) is 13.3. The van der Waals surface area contributed by atoms with E-state index in [9.17, 15) is 0 Å². The highest BCUT2D eigenvalue weighted by Crippen LogP contribution is 2.61. The first-order chi connectivity index (χ1) is 10.1. The van der Waals surface area contributed by atoms with Gasteiger partial charge in [0.05, 0.1) is 0 Å². The number of aromatic nitrogens is 1. The molecule has 21 heavy (non-hydrogen) atoms. The Morgan fingerprint density at radius 2 is 2.10 bits per heavy atom. The summed E-state index contributed by atoms with van der Waals surface area (Å²) in [5, 5.41) is 9.11. The van der Waals surface area contributed by atoms with Crippen LogP contribution in [0.5, 0.6) is 0 Å². The van der Waals surface area contributed by atoms with Crippen LogP contribution in [-0.4, -0.2) is 11.2 Å².